The van der Waals surface area contributed by atoms with Gasteiger partial charge in [-0.3, -0.25) is 14.3 Å². The summed E-state index contributed by atoms with van der Waals surface area (Å²) in [5, 5.41) is 6.91. The summed E-state index contributed by atoms with van der Waals surface area (Å²) in [6.07, 6.45) is 3.33. The van der Waals surface area contributed by atoms with Crippen molar-refractivity contribution in [2.75, 3.05) is 32.1 Å². The van der Waals surface area contributed by atoms with Crippen molar-refractivity contribution in [2.24, 2.45) is 0 Å². The Morgan fingerprint density at radius 2 is 1.82 bits per heavy atom. The topological polar surface area (TPSA) is 85.7 Å². The number of hydrogen-bond acceptors (Lipinski definition) is 5. The van der Waals surface area contributed by atoms with E-state index in [0.29, 0.717) is 24.6 Å². The van der Waals surface area contributed by atoms with Crippen molar-refractivity contribution < 1.29 is 40.1 Å². The van der Waals surface area contributed by atoms with Gasteiger partial charge in [-0.2, -0.15) is 23.7 Å². The molecule has 0 fully saturated rings. The Morgan fingerprint density at radius 3 is 2.56 bits per heavy atom. The third-order valence-electron chi connectivity index (χ3n) is 4.85. The van der Waals surface area contributed by atoms with Gasteiger partial charge in [-0.1, -0.05) is 17.7 Å². The molecule has 0 aliphatic rings. The molecule has 0 aliphatic heterocycles. The Hall–Kier alpha value is -3.25. The quantitative estimate of drug-likeness (QED) is 0.295. The van der Waals surface area contributed by atoms with Gasteiger partial charge in [0, 0.05) is 34.3 Å². The van der Waals surface area contributed by atoms with Crippen molar-refractivity contribution in [3.05, 3.63) is 79.0 Å². The summed E-state index contributed by atoms with van der Waals surface area (Å²) >= 11 is 0. The van der Waals surface area contributed by atoms with Gasteiger partial charge in [0.2, 0.25) is 11.8 Å². The molecule has 2 aromatic carbocycles. The minimum Gasteiger partial charge on any atom is -0.506 e. The van der Waals surface area contributed by atoms with Crippen molar-refractivity contribution in [3.8, 4) is 11.5 Å². The van der Waals surface area contributed by atoms with Crippen LogP contribution in [0.4, 0.5) is 5.69 Å². The van der Waals surface area contributed by atoms with E-state index in [4.69, 9.17) is 9.47 Å². The van der Waals surface area contributed by atoms with Crippen molar-refractivity contribution in [3.63, 3.8) is 0 Å². The number of aryl methyl sites for hydroxylation is 1. The van der Waals surface area contributed by atoms with Crippen molar-refractivity contribution in [1.82, 2.24) is 14.7 Å². The summed E-state index contributed by atoms with van der Waals surface area (Å²) in [7, 11) is 1.72. The molecule has 3 aromatic rings. The molecule has 0 saturated carbocycles. The Balaban J connectivity index is 0.00000408. The molecule has 0 saturated heterocycles. The van der Waals surface area contributed by atoms with Gasteiger partial charge in [-0.15, -0.1) is 12.1 Å². The van der Waals surface area contributed by atoms with Crippen molar-refractivity contribution in [1.29, 1.82) is 0 Å². The average molecular weight is 545 g/mol. The largest absolute Gasteiger partial charge is 0.506 e. The third-order valence-corrected chi connectivity index (χ3v) is 4.85. The Labute approximate surface area is 214 Å². The van der Waals surface area contributed by atoms with Gasteiger partial charge in [0.25, 0.3) is 0 Å². The van der Waals surface area contributed by atoms with E-state index >= 15 is 0 Å². The van der Waals surface area contributed by atoms with Gasteiger partial charge in [0.15, 0.2) is 0 Å². The van der Waals surface area contributed by atoms with Crippen LogP contribution in [0.5, 0.6) is 11.5 Å². The molecule has 1 heterocycles. The molecule has 1 aromatic heterocycles. The second-order valence-electron chi connectivity index (χ2n) is 7.70. The first-order valence-electron chi connectivity index (χ1n) is 10.7. The predicted molar refractivity (Wildman–Crippen MR) is 126 cm³/mol. The summed E-state index contributed by atoms with van der Waals surface area (Å²) in [6, 6.07) is 15.1. The summed E-state index contributed by atoms with van der Waals surface area (Å²) in [5.41, 5.74) is 2.54. The van der Waals surface area contributed by atoms with Crippen LogP contribution in [-0.2, 0) is 37.2 Å². The number of aromatic nitrogens is 2. The van der Waals surface area contributed by atoms with Gasteiger partial charge < -0.3 is 19.7 Å². The minimum absolute atomic E-state index is 0. The summed E-state index contributed by atoms with van der Waals surface area (Å²) < 4.78 is 12.7. The molecule has 0 aliphatic carbocycles. The van der Waals surface area contributed by atoms with Gasteiger partial charge in [-0.25, -0.2) is 0 Å². The van der Waals surface area contributed by atoms with Gasteiger partial charge in [0.1, 0.15) is 18.9 Å². The van der Waals surface area contributed by atoms with Crippen molar-refractivity contribution in [2.45, 2.75) is 19.9 Å². The van der Waals surface area contributed by atoms with E-state index in [0.717, 1.165) is 16.9 Å². The molecule has 0 bridgehead atoms. The number of benzene rings is 2. The first-order valence-corrected chi connectivity index (χ1v) is 10.7. The maximum atomic E-state index is 12.4. The smallest absolute Gasteiger partial charge is 0.244 e. The third kappa shape index (κ3) is 8.94. The van der Waals surface area contributed by atoms with Crippen LogP contribution in [0.2, 0.25) is 0 Å². The molecule has 9 heteroatoms. The second kappa shape index (κ2) is 13.5. The van der Waals surface area contributed by atoms with Crippen LogP contribution in [0, 0.1) is 13.8 Å². The molecule has 0 spiro atoms. The standard InChI is InChI=1S/C25H29N4O4.Mo/c1-19-7-9-22(10-8-19)33-14-12-28(3)25(31)18-29-17-21(16-26-29)27-24(30)11-13-32-23-6-4-5-20(2)15-23;/h4-10,15-17H,2,11-14,18H2,1,3H3,(H,27,30);/q-1;. The summed E-state index contributed by atoms with van der Waals surface area (Å²) in [6.45, 7) is 7.02. The van der Waals surface area contributed by atoms with Crippen LogP contribution in [-0.4, -0.2) is 53.3 Å². The van der Waals surface area contributed by atoms with Crippen molar-refractivity contribution >= 4 is 17.5 Å². The van der Waals surface area contributed by atoms with Gasteiger partial charge >= 0.3 is 0 Å². The van der Waals surface area contributed by atoms with E-state index in [-0.39, 0.29) is 52.5 Å². The number of carbonyl (C=O) groups excluding carboxylic acids is 2. The molecule has 2 amide bonds. The molecule has 0 unspecified atom stereocenters. The summed E-state index contributed by atoms with van der Waals surface area (Å²) in [5.74, 6) is 1.15. The molecule has 3 rings (SSSR count). The maximum absolute atomic E-state index is 12.4. The molecule has 1 N–H and O–H groups in total. The number of likely N-dealkylation sites (N-methyl/N-ethyl adjacent to an activating group) is 1. The number of ether oxygens (including phenoxy) is 2. The SMILES string of the molecule is [CH2-]c1cccc(OCCC(=O)Nc2cnn(CC(=O)N(C)CCOc3ccc(C)cc3)c2)c1.[Mo]. The number of hydrogen-bond donors (Lipinski definition) is 1. The summed E-state index contributed by atoms with van der Waals surface area (Å²) in [4.78, 5) is 26.2. The zero-order valence-corrected chi connectivity index (χ0v) is 21.4. The zero-order chi connectivity index (χ0) is 23.6. The van der Waals surface area contributed by atoms with E-state index in [1.54, 1.807) is 18.1 Å². The molecular formula is C25H29MoN4O4-. The van der Waals surface area contributed by atoms with Crippen LogP contribution in [0.25, 0.3) is 0 Å². The van der Waals surface area contributed by atoms with E-state index in [9.17, 15) is 9.59 Å². The predicted octanol–water partition coefficient (Wildman–Crippen LogP) is 3.32. The van der Waals surface area contributed by atoms with Crippen LogP contribution >= 0.6 is 0 Å². The number of nitrogens with zero attached hydrogens (tertiary/aromatic N) is 3. The molecule has 0 radical (unpaired) electrons. The number of rotatable bonds is 11. The average Bonchev–Trinajstić information content (AvgIpc) is 3.21. The van der Waals surface area contributed by atoms with Gasteiger partial charge in [0.05, 0.1) is 37.2 Å². The van der Waals surface area contributed by atoms with E-state index < -0.39 is 0 Å². The van der Waals surface area contributed by atoms with Crippen LogP contribution in [0.15, 0.2) is 60.9 Å². The number of carbonyl (C=O) groups is 2. The normalized spacial score (nSPS) is 10.2. The fourth-order valence-corrected chi connectivity index (χ4v) is 2.95. The first kappa shape index (κ1) is 27.0. The van der Waals surface area contributed by atoms with E-state index in [1.807, 2.05) is 55.5 Å². The molecule has 180 valence electrons. The van der Waals surface area contributed by atoms with E-state index in [1.165, 1.54) is 10.9 Å². The van der Waals surface area contributed by atoms with Crippen LogP contribution in [0.3, 0.4) is 0 Å². The Kier molecular flexibility index (Phi) is 10.7. The fourth-order valence-electron chi connectivity index (χ4n) is 2.95. The Bertz CT molecular complexity index is 1070. The molecular weight excluding hydrogens is 516 g/mol. The fraction of sp³-hybridized carbons (Fsp3) is 0.280. The number of amides is 2. The monoisotopic (exact) mass is 547 g/mol. The number of anilines is 1. The molecule has 0 atom stereocenters. The molecule has 8 nitrogen and oxygen atoms in total. The molecule has 34 heavy (non-hydrogen) atoms. The van der Waals surface area contributed by atoms with Crippen LogP contribution in [0.1, 0.15) is 17.5 Å². The zero-order valence-electron chi connectivity index (χ0n) is 19.4. The van der Waals surface area contributed by atoms with Crippen LogP contribution < -0.4 is 14.8 Å². The van der Waals surface area contributed by atoms with E-state index in [2.05, 4.69) is 17.3 Å². The first-order chi connectivity index (χ1) is 15.9. The minimum atomic E-state index is -0.197. The Morgan fingerprint density at radius 1 is 1.09 bits per heavy atom. The second-order valence-corrected chi connectivity index (χ2v) is 7.70. The number of nitrogens with one attached hydrogen (secondary N) is 1. The van der Waals surface area contributed by atoms with Gasteiger partial charge in [-0.05, 0) is 25.1 Å². The maximum Gasteiger partial charge on any atom is 0.244 e.